The Morgan fingerprint density at radius 2 is 2.20 bits per heavy atom. The van der Waals surface area contributed by atoms with Gasteiger partial charge in [0.25, 0.3) is 0 Å². The van der Waals surface area contributed by atoms with E-state index in [-0.39, 0.29) is 6.61 Å². The Kier molecular flexibility index (Phi) is 5.39. The summed E-state index contributed by atoms with van der Waals surface area (Å²) in [6.07, 6.45) is 1.86. The van der Waals surface area contributed by atoms with Crippen LogP contribution in [0.15, 0.2) is 18.2 Å². The van der Waals surface area contributed by atoms with Gasteiger partial charge in [0.2, 0.25) is 0 Å². The lowest BCUT2D eigenvalue weighted by Gasteiger charge is -2.15. The fourth-order valence-corrected chi connectivity index (χ4v) is 1.95. The van der Waals surface area contributed by atoms with E-state index in [1.54, 1.807) is 0 Å². The molecule has 0 aromatic heterocycles. The van der Waals surface area contributed by atoms with Crippen molar-refractivity contribution < 1.29 is 5.11 Å². The van der Waals surface area contributed by atoms with Crippen LogP contribution in [0.3, 0.4) is 0 Å². The first-order valence-corrected chi connectivity index (χ1v) is 6.35. The zero-order valence-electron chi connectivity index (χ0n) is 9.26. The molecule has 0 amide bonds. The van der Waals surface area contributed by atoms with Gasteiger partial charge in [-0.15, -0.1) is 0 Å². The minimum absolute atomic E-state index is 0.275. The fourth-order valence-electron chi connectivity index (χ4n) is 1.44. The van der Waals surface area contributed by atoms with Gasteiger partial charge in [0.05, 0.1) is 0 Å². The van der Waals surface area contributed by atoms with Gasteiger partial charge in [0, 0.05) is 21.9 Å². The van der Waals surface area contributed by atoms with Gasteiger partial charge in [0.15, 0.2) is 0 Å². The summed E-state index contributed by atoms with van der Waals surface area (Å²) in [7, 11) is 0. The smallest absolute Gasteiger partial charge is 0.0431 e. The number of aliphatic hydroxyl groups is 1. The number of benzene rings is 1. The Morgan fingerprint density at radius 3 is 2.80 bits per heavy atom. The van der Waals surface area contributed by atoms with Crippen molar-refractivity contribution in [3.8, 4) is 0 Å². The number of rotatable bonds is 5. The number of halogens is 1. The number of hydrogen-bond donors (Lipinski definition) is 2. The normalized spacial score (nSPS) is 12.5. The Morgan fingerprint density at radius 1 is 1.47 bits per heavy atom. The van der Waals surface area contributed by atoms with Crippen LogP contribution >= 0.6 is 22.6 Å². The third-order valence-electron chi connectivity index (χ3n) is 2.38. The molecule has 1 atom stereocenters. The molecular weight excluding hydrogens is 301 g/mol. The van der Waals surface area contributed by atoms with E-state index in [2.05, 4.69) is 60.0 Å². The SMILES string of the molecule is Cc1ccc(NC(C)CCCO)cc1I. The molecule has 2 N–H and O–H groups in total. The molecule has 0 aliphatic rings. The topological polar surface area (TPSA) is 32.3 Å². The summed E-state index contributed by atoms with van der Waals surface area (Å²) >= 11 is 2.35. The fraction of sp³-hybridized carbons (Fsp3) is 0.500. The first kappa shape index (κ1) is 12.8. The van der Waals surface area contributed by atoms with Crippen LogP contribution in [0.25, 0.3) is 0 Å². The van der Waals surface area contributed by atoms with Gasteiger partial charge in [-0.1, -0.05) is 6.07 Å². The van der Waals surface area contributed by atoms with Gasteiger partial charge in [0.1, 0.15) is 0 Å². The zero-order chi connectivity index (χ0) is 11.3. The van der Waals surface area contributed by atoms with Gasteiger partial charge >= 0.3 is 0 Å². The molecule has 0 saturated carbocycles. The zero-order valence-corrected chi connectivity index (χ0v) is 11.4. The molecule has 1 rings (SSSR count). The molecule has 0 heterocycles. The molecule has 84 valence electrons. The van der Waals surface area contributed by atoms with Crippen LogP contribution in [0.1, 0.15) is 25.3 Å². The van der Waals surface area contributed by atoms with E-state index in [4.69, 9.17) is 5.11 Å². The molecule has 3 heteroatoms. The summed E-state index contributed by atoms with van der Waals surface area (Å²) in [5, 5.41) is 12.2. The molecule has 1 unspecified atom stereocenters. The first-order valence-electron chi connectivity index (χ1n) is 5.27. The molecule has 0 bridgehead atoms. The predicted molar refractivity (Wildman–Crippen MR) is 73.3 cm³/mol. The molecule has 0 fully saturated rings. The third kappa shape index (κ3) is 4.38. The average Bonchev–Trinajstić information content (AvgIpc) is 2.20. The van der Waals surface area contributed by atoms with E-state index in [1.807, 2.05) is 0 Å². The van der Waals surface area contributed by atoms with Crippen LogP contribution in [-0.2, 0) is 0 Å². The van der Waals surface area contributed by atoms with Crippen molar-refractivity contribution in [2.24, 2.45) is 0 Å². The van der Waals surface area contributed by atoms with Crippen molar-refractivity contribution in [1.29, 1.82) is 0 Å². The summed E-state index contributed by atoms with van der Waals surface area (Å²) in [4.78, 5) is 0. The van der Waals surface area contributed by atoms with Crippen LogP contribution in [0, 0.1) is 10.5 Å². The third-order valence-corrected chi connectivity index (χ3v) is 3.54. The second kappa shape index (κ2) is 6.33. The van der Waals surface area contributed by atoms with Crippen molar-refractivity contribution in [2.45, 2.75) is 32.7 Å². The Balaban J connectivity index is 2.53. The number of hydrogen-bond acceptors (Lipinski definition) is 2. The molecule has 15 heavy (non-hydrogen) atoms. The molecule has 0 aliphatic heterocycles. The van der Waals surface area contributed by atoms with Gasteiger partial charge < -0.3 is 10.4 Å². The van der Waals surface area contributed by atoms with Gasteiger partial charge in [-0.25, -0.2) is 0 Å². The van der Waals surface area contributed by atoms with Crippen LogP contribution in [0.4, 0.5) is 5.69 Å². The summed E-state index contributed by atoms with van der Waals surface area (Å²) in [5.74, 6) is 0. The van der Waals surface area contributed by atoms with Crippen LogP contribution in [0.2, 0.25) is 0 Å². The van der Waals surface area contributed by atoms with Crippen molar-refractivity contribution >= 4 is 28.3 Å². The predicted octanol–water partition coefficient (Wildman–Crippen LogP) is 3.17. The van der Waals surface area contributed by atoms with Crippen molar-refractivity contribution in [3.05, 3.63) is 27.3 Å². The lowest BCUT2D eigenvalue weighted by atomic mass is 10.1. The maximum absolute atomic E-state index is 8.73. The maximum Gasteiger partial charge on any atom is 0.0431 e. The molecule has 0 spiro atoms. The lowest BCUT2D eigenvalue weighted by molar-refractivity contribution is 0.282. The van der Waals surface area contributed by atoms with Gasteiger partial charge in [-0.05, 0) is 67.0 Å². The second-order valence-corrected chi connectivity index (χ2v) is 5.04. The van der Waals surface area contributed by atoms with E-state index < -0.39 is 0 Å². The number of aryl methyl sites for hydroxylation is 1. The van der Waals surface area contributed by atoms with Crippen molar-refractivity contribution in [3.63, 3.8) is 0 Å². The number of nitrogens with one attached hydrogen (secondary N) is 1. The molecular formula is C12H18INO. The Hall–Kier alpha value is -0.290. The van der Waals surface area contributed by atoms with Crippen molar-refractivity contribution in [2.75, 3.05) is 11.9 Å². The van der Waals surface area contributed by atoms with E-state index >= 15 is 0 Å². The van der Waals surface area contributed by atoms with Crippen molar-refractivity contribution in [1.82, 2.24) is 0 Å². The highest BCUT2D eigenvalue weighted by Crippen LogP contribution is 2.18. The highest BCUT2D eigenvalue weighted by Gasteiger charge is 2.02. The van der Waals surface area contributed by atoms with Gasteiger partial charge in [-0.3, -0.25) is 0 Å². The lowest BCUT2D eigenvalue weighted by Crippen LogP contribution is -2.15. The number of aliphatic hydroxyl groups excluding tert-OH is 1. The standard InChI is InChI=1S/C12H18INO/c1-9-5-6-11(8-12(9)13)14-10(2)4-3-7-15/h5-6,8,10,14-15H,3-4,7H2,1-2H3. The maximum atomic E-state index is 8.73. The monoisotopic (exact) mass is 319 g/mol. The molecule has 1 aromatic carbocycles. The minimum atomic E-state index is 0.275. The van der Waals surface area contributed by atoms with Crippen LogP contribution < -0.4 is 5.32 Å². The molecule has 0 saturated heterocycles. The Bertz CT molecular complexity index is 314. The quantitative estimate of drug-likeness (QED) is 0.817. The van der Waals surface area contributed by atoms with Gasteiger partial charge in [-0.2, -0.15) is 0 Å². The van der Waals surface area contributed by atoms with E-state index in [1.165, 1.54) is 9.13 Å². The van der Waals surface area contributed by atoms with Crippen LogP contribution in [-0.4, -0.2) is 17.8 Å². The highest BCUT2D eigenvalue weighted by molar-refractivity contribution is 14.1. The summed E-state index contributed by atoms with van der Waals surface area (Å²) in [6, 6.07) is 6.80. The summed E-state index contributed by atoms with van der Waals surface area (Å²) in [5.41, 5.74) is 2.47. The number of anilines is 1. The highest BCUT2D eigenvalue weighted by atomic mass is 127. The molecule has 0 aliphatic carbocycles. The van der Waals surface area contributed by atoms with E-state index in [0.29, 0.717) is 6.04 Å². The first-order chi connectivity index (χ1) is 7.13. The second-order valence-electron chi connectivity index (χ2n) is 3.88. The minimum Gasteiger partial charge on any atom is -0.396 e. The molecule has 1 aromatic rings. The van der Waals surface area contributed by atoms with E-state index in [0.717, 1.165) is 18.5 Å². The average molecular weight is 319 g/mol. The summed E-state index contributed by atoms with van der Waals surface area (Å²) in [6.45, 7) is 4.53. The summed E-state index contributed by atoms with van der Waals surface area (Å²) < 4.78 is 1.28. The van der Waals surface area contributed by atoms with E-state index in [9.17, 15) is 0 Å². The molecule has 2 nitrogen and oxygen atoms in total. The van der Waals surface area contributed by atoms with Crippen LogP contribution in [0.5, 0.6) is 0 Å². The largest absolute Gasteiger partial charge is 0.396 e. The Labute approximate surface area is 105 Å². The molecule has 0 radical (unpaired) electrons.